The van der Waals surface area contributed by atoms with Crippen LogP contribution in [0.15, 0.2) is 12.4 Å². The van der Waals surface area contributed by atoms with Crippen molar-refractivity contribution in [2.75, 3.05) is 13.6 Å². The lowest BCUT2D eigenvalue weighted by Gasteiger charge is -2.29. The van der Waals surface area contributed by atoms with Crippen LogP contribution in [0.4, 0.5) is 13.2 Å². The molecule has 0 saturated heterocycles. The smallest absolute Gasteiger partial charge is 0.336 e. The van der Waals surface area contributed by atoms with Crippen molar-refractivity contribution in [3.8, 4) is 0 Å². The van der Waals surface area contributed by atoms with E-state index < -0.39 is 22.0 Å². The van der Waals surface area contributed by atoms with Crippen LogP contribution in [0.3, 0.4) is 0 Å². The molecule has 28 heavy (non-hydrogen) atoms. The van der Waals surface area contributed by atoms with Crippen molar-refractivity contribution in [3.05, 3.63) is 12.4 Å². The van der Waals surface area contributed by atoms with Gasteiger partial charge in [-0.3, -0.25) is 0 Å². The third-order valence-electron chi connectivity index (χ3n) is 4.89. The molecule has 1 aliphatic heterocycles. The molecule has 9 heteroatoms. The van der Waals surface area contributed by atoms with Crippen molar-refractivity contribution in [2.45, 2.75) is 95.8 Å². The molecule has 0 saturated carbocycles. The summed E-state index contributed by atoms with van der Waals surface area (Å²) < 4.78 is 64.5. The Balaban J connectivity index is 2.15. The lowest BCUT2D eigenvalue weighted by Crippen LogP contribution is -2.43. The molecule has 0 fully saturated rings. The van der Waals surface area contributed by atoms with Gasteiger partial charge in [-0.25, -0.2) is 4.18 Å². The molecule has 0 bridgehead atoms. The Morgan fingerprint density at radius 1 is 0.857 bits per heavy atom. The predicted octanol–water partition coefficient (Wildman–Crippen LogP) is 5.56. The van der Waals surface area contributed by atoms with Crippen LogP contribution in [-0.4, -0.2) is 43.7 Å². The molecule has 1 rings (SSSR count). The molecule has 166 valence electrons. The lowest BCUT2D eigenvalue weighted by atomic mass is 10.1. The van der Waals surface area contributed by atoms with Gasteiger partial charge in [0.15, 0.2) is 0 Å². The maximum Gasteiger partial charge on any atom is 0.523 e. The highest BCUT2D eigenvalue weighted by Crippen LogP contribution is 2.28. The van der Waals surface area contributed by atoms with Crippen molar-refractivity contribution < 1.29 is 25.8 Å². The number of hydrogen-bond acceptors (Lipinski definition) is 5. The number of alkyl halides is 3. The molecule has 0 spiro atoms. The largest absolute Gasteiger partial charge is 0.523 e. The Morgan fingerprint density at radius 2 is 1.32 bits per heavy atom. The highest BCUT2D eigenvalue weighted by Gasteiger charge is 2.50. The van der Waals surface area contributed by atoms with Crippen LogP contribution in [0.1, 0.15) is 84.0 Å². The average Bonchev–Trinajstić information content (AvgIpc) is 2.94. The van der Waals surface area contributed by atoms with Gasteiger partial charge in [0.05, 0.1) is 0 Å². The predicted molar refractivity (Wildman–Crippen MR) is 105 cm³/mol. The minimum Gasteiger partial charge on any atom is -0.336 e. The van der Waals surface area contributed by atoms with Gasteiger partial charge in [-0.2, -0.15) is 21.6 Å². The minimum absolute atomic E-state index is 0.455. The third kappa shape index (κ3) is 9.03. The van der Waals surface area contributed by atoms with Crippen LogP contribution in [-0.2, 0) is 14.3 Å². The minimum atomic E-state index is -5.63. The Bertz CT molecular complexity index is 553. The van der Waals surface area contributed by atoms with E-state index in [0.29, 0.717) is 6.54 Å². The molecule has 0 N–H and O–H groups in total. The van der Waals surface area contributed by atoms with Crippen molar-refractivity contribution >= 4 is 10.1 Å². The Kier molecular flexibility index (Phi) is 11.3. The molecular formula is C19H35F3N2O3S. The summed E-state index contributed by atoms with van der Waals surface area (Å²) in [6.07, 6.45) is 16.1. The highest BCUT2D eigenvalue weighted by atomic mass is 32.2. The monoisotopic (exact) mass is 428 g/mol. The summed E-state index contributed by atoms with van der Waals surface area (Å²) in [5.74, 6) is 0. The fourth-order valence-electron chi connectivity index (χ4n) is 3.18. The van der Waals surface area contributed by atoms with Crippen molar-refractivity contribution in [1.82, 2.24) is 9.80 Å². The molecule has 0 aromatic carbocycles. The average molecular weight is 429 g/mol. The van der Waals surface area contributed by atoms with Crippen molar-refractivity contribution in [1.29, 1.82) is 0 Å². The van der Waals surface area contributed by atoms with Gasteiger partial charge in [0.1, 0.15) is 0 Å². The van der Waals surface area contributed by atoms with Crippen LogP contribution in [0.25, 0.3) is 0 Å². The molecule has 5 nitrogen and oxygen atoms in total. The first-order valence-electron chi connectivity index (χ1n) is 10.3. The fraction of sp³-hybridized carbons (Fsp3) is 0.895. The van der Waals surface area contributed by atoms with Crippen LogP contribution in [0.2, 0.25) is 0 Å². The Morgan fingerprint density at radius 3 is 1.79 bits per heavy atom. The van der Waals surface area contributed by atoms with Crippen LogP contribution in [0.5, 0.6) is 0 Å². The van der Waals surface area contributed by atoms with E-state index in [1.807, 2.05) is 0 Å². The molecule has 0 aromatic heterocycles. The van der Waals surface area contributed by atoms with E-state index in [-0.39, 0.29) is 0 Å². The van der Waals surface area contributed by atoms with Gasteiger partial charge < -0.3 is 9.80 Å². The van der Waals surface area contributed by atoms with E-state index in [1.165, 1.54) is 74.4 Å². The van der Waals surface area contributed by atoms with Crippen molar-refractivity contribution in [2.24, 2.45) is 0 Å². The van der Waals surface area contributed by atoms with E-state index in [0.717, 1.165) is 25.7 Å². The number of hydrogen-bond donors (Lipinski definition) is 0. The second-order valence-electron chi connectivity index (χ2n) is 7.41. The molecule has 1 atom stereocenters. The first-order chi connectivity index (χ1) is 13.2. The standard InChI is InChI=1S/C19H35F3N2O3S/c1-3-4-5-6-7-8-9-10-11-12-13-14-15-24-17-16-23(2)18(24)27-28(25,26)19(20,21)22/h16-18H,3-15H2,1-2H3. The summed E-state index contributed by atoms with van der Waals surface area (Å²) in [4.78, 5) is 2.80. The van der Waals surface area contributed by atoms with Gasteiger partial charge in [-0.15, -0.1) is 0 Å². The van der Waals surface area contributed by atoms with Crippen LogP contribution < -0.4 is 0 Å². The summed E-state index contributed by atoms with van der Waals surface area (Å²) >= 11 is 0. The van der Waals surface area contributed by atoms with E-state index in [1.54, 1.807) is 6.20 Å². The van der Waals surface area contributed by atoms with Crippen LogP contribution in [0, 0.1) is 0 Å². The van der Waals surface area contributed by atoms with Crippen molar-refractivity contribution in [3.63, 3.8) is 0 Å². The van der Waals surface area contributed by atoms with Gasteiger partial charge >= 0.3 is 15.6 Å². The first-order valence-corrected chi connectivity index (χ1v) is 11.8. The van der Waals surface area contributed by atoms with E-state index >= 15 is 0 Å². The summed E-state index contributed by atoms with van der Waals surface area (Å²) in [5.41, 5.74) is -5.42. The molecule has 0 radical (unpaired) electrons. The Hall–Kier alpha value is -0.960. The van der Waals surface area contributed by atoms with Gasteiger partial charge in [0.2, 0.25) is 6.35 Å². The molecule has 1 aliphatic rings. The number of nitrogens with zero attached hydrogens (tertiary/aromatic N) is 2. The number of rotatable bonds is 15. The summed E-state index contributed by atoms with van der Waals surface area (Å²) in [5, 5.41) is 0. The molecule has 0 amide bonds. The fourth-order valence-corrected chi connectivity index (χ4v) is 3.77. The number of unbranched alkanes of at least 4 members (excludes halogenated alkanes) is 11. The first kappa shape index (κ1) is 25.1. The highest BCUT2D eigenvalue weighted by molar-refractivity contribution is 7.87. The summed E-state index contributed by atoms with van der Waals surface area (Å²) in [7, 11) is -4.14. The van der Waals surface area contributed by atoms with Gasteiger partial charge in [-0.1, -0.05) is 77.6 Å². The second kappa shape index (κ2) is 12.6. The zero-order valence-electron chi connectivity index (χ0n) is 17.1. The molecular weight excluding hydrogens is 393 g/mol. The van der Waals surface area contributed by atoms with E-state index in [2.05, 4.69) is 11.1 Å². The van der Waals surface area contributed by atoms with Gasteiger partial charge in [0.25, 0.3) is 0 Å². The number of halogens is 3. The maximum atomic E-state index is 12.5. The molecule has 0 aromatic rings. The normalized spacial score (nSPS) is 17.7. The summed E-state index contributed by atoms with van der Waals surface area (Å²) in [6.45, 7) is 2.67. The zero-order valence-corrected chi connectivity index (χ0v) is 17.9. The van der Waals surface area contributed by atoms with Crippen LogP contribution >= 0.6 is 0 Å². The second-order valence-corrected chi connectivity index (χ2v) is 8.98. The third-order valence-corrected chi connectivity index (χ3v) is 5.88. The SMILES string of the molecule is CCCCCCCCCCCCCCN1C=CN(C)C1OS(=O)(=O)C(F)(F)F. The van der Waals surface area contributed by atoms with E-state index in [4.69, 9.17) is 0 Å². The molecule has 1 unspecified atom stereocenters. The lowest BCUT2D eigenvalue weighted by molar-refractivity contribution is -0.0769. The maximum absolute atomic E-state index is 12.5. The summed E-state index contributed by atoms with van der Waals surface area (Å²) in [6, 6.07) is 0. The van der Waals surface area contributed by atoms with Gasteiger partial charge in [0, 0.05) is 26.0 Å². The van der Waals surface area contributed by atoms with Gasteiger partial charge in [-0.05, 0) is 6.42 Å². The quantitative estimate of drug-likeness (QED) is 0.194. The molecule has 1 heterocycles. The zero-order chi connectivity index (χ0) is 21.0. The topological polar surface area (TPSA) is 49.9 Å². The van der Waals surface area contributed by atoms with E-state index in [9.17, 15) is 21.6 Å². The Labute approximate surface area is 168 Å². The molecule has 0 aliphatic carbocycles.